The number of nitrogens with zero attached hydrogens (tertiary/aromatic N) is 6. The molecule has 13 nitrogen and oxygen atoms in total. The average molecular weight is 628 g/mol. The van der Waals surface area contributed by atoms with Gasteiger partial charge in [-0.1, -0.05) is 31.4 Å². The van der Waals surface area contributed by atoms with Crippen molar-refractivity contribution in [3.63, 3.8) is 0 Å². The summed E-state index contributed by atoms with van der Waals surface area (Å²) in [6, 6.07) is 2.96. The largest absolute Gasteiger partial charge is 0.394 e. The molecule has 236 valence electrons. The van der Waals surface area contributed by atoms with Crippen molar-refractivity contribution < 1.29 is 14.3 Å². The van der Waals surface area contributed by atoms with Crippen LogP contribution < -0.4 is 27.0 Å². The van der Waals surface area contributed by atoms with Crippen LogP contribution in [0.25, 0.3) is 22.1 Å². The van der Waals surface area contributed by atoms with E-state index >= 15 is 0 Å². The number of rotatable bonds is 15. The van der Waals surface area contributed by atoms with E-state index in [0.717, 1.165) is 19.0 Å². The lowest BCUT2D eigenvalue weighted by atomic mass is 9.95. The Hall–Kier alpha value is -4.17. The van der Waals surface area contributed by atoms with Crippen LogP contribution in [0.15, 0.2) is 24.5 Å². The average Bonchev–Trinajstić information content (AvgIpc) is 2.97. The number of fused-ring (bicyclic) bond motifs is 2. The van der Waals surface area contributed by atoms with Crippen molar-refractivity contribution in [1.29, 1.82) is 0 Å². The van der Waals surface area contributed by atoms with Gasteiger partial charge in [0.2, 0.25) is 17.8 Å². The second-order valence-corrected chi connectivity index (χ2v) is 11.9. The van der Waals surface area contributed by atoms with Crippen LogP contribution in [-0.4, -0.2) is 71.7 Å². The maximum absolute atomic E-state index is 14.1. The van der Waals surface area contributed by atoms with Crippen molar-refractivity contribution in [3.05, 3.63) is 35.4 Å². The van der Waals surface area contributed by atoms with Crippen molar-refractivity contribution in [3.8, 4) is 0 Å². The lowest BCUT2D eigenvalue weighted by molar-refractivity contribution is -0.119. The highest BCUT2D eigenvalue weighted by atomic mass is 35.5. The van der Waals surface area contributed by atoms with Gasteiger partial charge in [0.1, 0.15) is 16.9 Å². The first-order chi connectivity index (χ1) is 20.9. The van der Waals surface area contributed by atoms with E-state index in [9.17, 15) is 14.3 Å². The smallest absolute Gasteiger partial charge is 0.225 e. The van der Waals surface area contributed by atoms with Crippen molar-refractivity contribution in [2.75, 3.05) is 41.4 Å². The molecule has 44 heavy (non-hydrogen) atoms. The molecule has 0 aromatic carbocycles. The summed E-state index contributed by atoms with van der Waals surface area (Å²) in [5.41, 5.74) is 6.39. The summed E-state index contributed by atoms with van der Waals surface area (Å²) < 4.78 is 14.1. The lowest BCUT2D eigenvalue weighted by Crippen LogP contribution is -2.46. The Labute approximate surface area is 260 Å². The molecule has 0 radical (unpaired) electrons. The van der Waals surface area contributed by atoms with Gasteiger partial charge < -0.3 is 32.1 Å². The Morgan fingerprint density at radius 1 is 0.977 bits per heavy atom. The standard InChI is InChI=1S/C29H39ClFN11O2/c1-5-6-8-29(4,16-43)42-25-23-21(12-19(31)14-35-23)38-27(40-25)33-10-7-9-28(3,15-36-17(2)44)41-24-22-20(37-26(32)39-24)11-18(30)13-34-22/h11-14,43H,5-10,15-16H2,1-4H3,(H,36,44)(H3,32,37,39,41)(H2,33,38,40,42). The van der Waals surface area contributed by atoms with Crippen LogP contribution in [-0.2, 0) is 4.79 Å². The summed E-state index contributed by atoms with van der Waals surface area (Å²) in [6.45, 7) is 8.04. The molecule has 4 rings (SSSR count). The molecule has 0 aliphatic heterocycles. The third-order valence-corrected chi connectivity index (χ3v) is 7.42. The van der Waals surface area contributed by atoms with Gasteiger partial charge in [-0.15, -0.1) is 0 Å². The number of aromatic nitrogens is 6. The summed E-state index contributed by atoms with van der Waals surface area (Å²) in [7, 11) is 0. The fourth-order valence-electron chi connectivity index (χ4n) is 4.77. The number of nitrogens with one attached hydrogen (secondary N) is 4. The first kappa shape index (κ1) is 32.7. The van der Waals surface area contributed by atoms with Crippen LogP contribution in [0.4, 0.5) is 27.9 Å². The van der Waals surface area contributed by atoms with E-state index in [1.165, 1.54) is 19.2 Å². The molecule has 1 amide bonds. The number of pyridine rings is 2. The SMILES string of the molecule is CCCCC(C)(CO)Nc1nc(NCCCC(C)(CNC(C)=O)Nc2nc(N)nc3cc(Cl)cnc23)nc2cc(F)cnc12. The monoisotopic (exact) mass is 627 g/mol. The van der Waals surface area contributed by atoms with Crippen molar-refractivity contribution in [1.82, 2.24) is 35.2 Å². The molecule has 15 heteroatoms. The van der Waals surface area contributed by atoms with E-state index in [1.54, 1.807) is 6.07 Å². The van der Waals surface area contributed by atoms with Gasteiger partial charge in [-0.25, -0.2) is 24.3 Å². The molecule has 4 aromatic rings. The Balaban J connectivity index is 1.52. The molecule has 0 saturated carbocycles. The summed E-state index contributed by atoms with van der Waals surface area (Å²) in [5.74, 6) is 0.482. The molecule has 0 bridgehead atoms. The van der Waals surface area contributed by atoms with Crippen molar-refractivity contribution in [2.24, 2.45) is 0 Å². The molecular formula is C29H39ClFN11O2. The molecule has 7 N–H and O–H groups in total. The Morgan fingerprint density at radius 3 is 2.34 bits per heavy atom. The van der Waals surface area contributed by atoms with E-state index in [4.69, 9.17) is 17.3 Å². The second-order valence-electron chi connectivity index (χ2n) is 11.4. The highest BCUT2D eigenvalue weighted by Gasteiger charge is 2.27. The molecule has 4 heterocycles. The van der Waals surface area contributed by atoms with E-state index in [0.29, 0.717) is 71.1 Å². The van der Waals surface area contributed by atoms with Gasteiger partial charge in [-0.2, -0.15) is 9.97 Å². The number of unbranched alkanes of at least 4 members (excludes halogenated alkanes) is 1. The van der Waals surface area contributed by atoms with Gasteiger partial charge in [0.15, 0.2) is 11.6 Å². The predicted octanol–water partition coefficient (Wildman–Crippen LogP) is 4.29. The number of aliphatic hydroxyl groups excluding tert-OH is 1. The van der Waals surface area contributed by atoms with E-state index in [1.807, 2.05) is 13.8 Å². The van der Waals surface area contributed by atoms with Crippen LogP contribution in [0.2, 0.25) is 5.02 Å². The summed E-state index contributed by atoms with van der Waals surface area (Å²) in [6.07, 6.45) is 6.42. The minimum absolute atomic E-state index is 0.0587. The van der Waals surface area contributed by atoms with Gasteiger partial charge >= 0.3 is 0 Å². The number of nitrogens with two attached hydrogens (primary N) is 1. The normalized spacial score (nSPS) is 14.2. The quantitative estimate of drug-likeness (QED) is 0.103. The molecule has 2 atom stereocenters. The third kappa shape index (κ3) is 8.47. The zero-order valence-electron chi connectivity index (χ0n) is 25.3. The van der Waals surface area contributed by atoms with Crippen molar-refractivity contribution in [2.45, 2.75) is 70.9 Å². The third-order valence-electron chi connectivity index (χ3n) is 7.21. The number of anilines is 4. The van der Waals surface area contributed by atoms with E-state index in [2.05, 4.69) is 58.1 Å². The minimum Gasteiger partial charge on any atom is -0.394 e. The van der Waals surface area contributed by atoms with Crippen LogP contribution in [0.3, 0.4) is 0 Å². The van der Waals surface area contributed by atoms with E-state index < -0.39 is 16.9 Å². The first-order valence-electron chi connectivity index (χ1n) is 14.5. The fraction of sp³-hybridized carbons (Fsp3) is 0.483. The summed E-state index contributed by atoms with van der Waals surface area (Å²) >= 11 is 6.10. The van der Waals surface area contributed by atoms with Crippen LogP contribution in [0, 0.1) is 5.82 Å². The van der Waals surface area contributed by atoms with Gasteiger partial charge in [0, 0.05) is 32.3 Å². The minimum atomic E-state index is -0.658. The summed E-state index contributed by atoms with van der Waals surface area (Å²) in [5, 5.41) is 23.4. The van der Waals surface area contributed by atoms with Crippen molar-refractivity contribution >= 4 is 63.1 Å². The zero-order valence-corrected chi connectivity index (χ0v) is 26.1. The number of aliphatic hydroxyl groups is 1. The molecule has 0 spiro atoms. The molecule has 0 aliphatic carbocycles. The maximum Gasteiger partial charge on any atom is 0.225 e. The van der Waals surface area contributed by atoms with E-state index in [-0.39, 0.29) is 24.4 Å². The number of hydrogen-bond acceptors (Lipinski definition) is 12. The number of halogens is 2. The molecule has 4 aromatic heterocycles. The maximum atomic E-state index is 14.1. The highest BCUT2D eigenvalue weighted by Crippen LogP contribution is 2.28. The molecule has 0 saturated heterocycles. The van der Waals surface area contributed by atoms with Gasteiger partial charge in [0.25, 0.3) is 0 Å². The summed E-state index contributed by atoms with van der Waals surface area (Å²) in [4.78, 5) is 38.1. The highest BCUT2D eigenvalue weighted by molar-refractivity contribution is 6.31. The molecule has 0 fully saturated rings. The Kier molecular flexibility index (Phi) is 10.5. The van der Waals surface area contributed by atoms with Gasteiger partial charge in [-0.05, 0) is 39.2 Å². The van der Waals surface area contributed by atoms with Gasteiger partial charge in [0.05, 0.1) is 39.9 Å². The number of nitrogen functional groups attached to an aromatic ring is 1. The topological polar surface area (TPSA) is 189 Å². The van der Waals surface area contributed by atoms with Crippen LogP contribution >= 0.6 is 11.6 Å². The molecule has 2 unspecified atom stereocenters. The fourth-order valence-corrected chi connectivity index (χ4v) is 4.92. The number of hydrogen-bond donors (Lipinski definition) is 6. The van der Waals surface area contributed by atoms with Crippen LogP contribution in [0.5, 0.6) is 0 Å². The lowest BCUT2D eigenvalue weighted by Gasteiger charge is -2.32. The molecular weight excluding hydrogens is 589 g/mol. The van der Waals surface area contributed by atoms with Gasteiger partial charge in [-0.3, -0.25) is 4.79 Å². The second kappa shape index (κ2) is 14.1. The Bertz CT molecular complexity index is 1620. The predicted molar refractivity (Wildman–Crippen MR) is 171 cm³/mol. The number of carbonyl (C=O) groups is 1. The van der Waals surface area contributed by atoms with Crippen LogP contribution in [0.1, 0.15) is 59.8 Å². The Morgan fingerprint density at radius 2 is 1.64 bits per heavy atom. The number of amides is 1. The molecule has 0 aliphatic rings. The number of carbonyl (C=O) groups excluding carboxylic acids is 1. The first-order valence-corrected chi connectivity index (χ1v) is 14.9. The zero-order chi connectivity index (χ0) is 31.9.